The second-order valence-electron chi connectivity index (χ2n) is 5.20. The summed E-state index contributed by atoms with van der Waals surface area (Å²) in [5, 5.41) is 20.3. The SMILES string of the molecule is CC(NCc1ccc(C(C)C(=O)O)cc1)c1nncn1C. The minimum Gasteiger partial charge on any atom is -0.481 e. The highest BCUT2D eigenvalue weighted by atomic mass is 16.4. The molecule has 112 valence electrons. The van der Waals surface area contributed by atoms with Gasteiger partial charge in [0, 0.05) is 13.6 Å². The molecule has 2 aromatic rings. The van der Waals surface area contributed by atoms with Gasteiger partial charge in [0.15, 0.2) is 0 Å². The molecule has 0 saturated heterocycles. The molecule has 0 spiro atoms. The number of benzene rings is 1. The Morgan fingerprint density at radius 1 is 1.33 bits per heavy atom. The number of carboxylic acid groups (broad SMARTS) is 1. The van der Waals surface area contributed by atoms with Gasteiger partial charge < -0.3 is 15.0 Å². The first kappa shape index (κ1) is 15.2. The van der Waals surface area contributed by atoms with E-state index >= 15 is 0 Å². The first-order valence-electron chi connectivity index (χ1n) is 6.88. The van der Waals surface area contributed by atoms with Crippen molar-refractivity contribution in [2.45, 2.75) is 32.4 Å². The van der Waals surface area contributed by atoms with Crippen LogP contribution in [0.15, 0.2) is 30.6 Å². The number of aliphatic carboxylic acids is 1. The van der Waals surface area contributed by atoms with Crippen LogP contribution in [0.3, 0.4) is 0 Å². The van der Waals surface area contributed by atoms with Gasteiger partial charge in [-0.15, -0.1) is 10.2 Å². The molecule has 0 radical (unpaired) electrons. The van der Waals surface area contributed by atoms with Crippen LogP contribution >= 0.6 is 0 Å². The van der Waals surface area contributed by atoms with E-state index in [2.05, 4.69) is 15.5 Å². The van der Waals surface area contributed by atoms with Crippen LogP contribution in [0, 0.1) is 0 Å². The maximum atomic E-state index is 10.9. The number of nitrogens with one attached hydrogen (secondary N) is 1. The van der Waals surface area contributed by atoms with Crippen LogP contribution in [-0.2, 0) is 18.4 Å². The average molecular weight is 288 g/mol. The van der Waals surface area contributed by atoms with Crippen LogP contribution in [0.2, 0.25) is 0 Å². The molecular weight excluding hydrogens is 268 g/mol. The van der Waals surface area contributed by atoms with Gasteiger partial charge in [-0.05, 0) is 25.0 Å². The zero-order valence-electron chi connectivity index (χ0n) is 12.4. The van der Waals surface area contributed by atoms with E-state index in [1.54, 1.807) is 13.3 Å². The maximum absolute atomic E-state index is 10.9. The second kappa shape index (κ2) is 6.49. The number of aromatic nitrogens is 3. The smallest absolute Gasteiger partial charge is 0.310 e. The Hall–Kier alpha value is -2.21. The molecule has 21 heavy (non-hydrogen) atoms. The largest absolute Gasteiger partial charge is 0.481 e. The lowest BCUT2D eigenvalue weighted by molar-refractivity contribution is -0.138. The minimum atomic E-state index is -0.809. The van der Waals surface area contributed by atoms with Crippen molar-refractivity contribution in [3.8, 4) is 0 Å². The molecule has 1 aromatic carbocycles. The van der Waals surface area contributed by atoms with Gasteiger partial charge in [-0.25, -0.2) is 0 Å². The fourth-order valence-electron chi connectivity index (χ4n) is 2.11. The quantitative estimate of drug-likeness (QED) is 0.848. The summed E-state index contributed by atoms with van der Waals surface area (Å²) < 4.78 is 1.88. The number of hydrogen-bond acceptors (Lipinski definition) is 4. The van der Waals surface area contributed by atoms with E-state index in [4.69, 9.17) is 5.11 Å². The van der Waals surface area contributed by atoms with E-state index < -0.39 is 11.9 Å². The summed E-state index contributed by atoms with van der Waals surface area (Å²) in [6, 6.07) is 7.72. The van der Waals surface area contributed by atoms with Crippen molar-refractivity contribution in [1.29, 1.82) is 0 Å². The van der Waals surface area contributed by atoms with E-state index in [0.717, 1.165) is 17.0 Å². The molecule has 6 heteroatoms. The van der Waals surface area contributed by atoms with Gasteiger partial charge in [-0.2, -0.15) is 0 Å². The third-order valence-electron chi connectivity index (χ3n) is 3.60. The second-order valence-corrected chi connectivity index (χ2v) is 5.20. The van der Waals surface area contributed by atoms with Crippen LogP contribution in [0.4, 0.5) is 0 Å². The fraction of sp³-hybridized carbons (Fsp3) is 0.400. The van der Waals surface area contributed by atoms with Crippen LogP contribution < -0.4 is 5.32 Å². The molecule has 0 saturated carbocycles. The topological polar surface area (TPSA) is 80.0 Å². The molecule has 2 rings (SSSR count). The van der Waals surface area contributed by atoms with E-state index in [1.807, 2.05) is 42.8 Å². The van der Waals surface area contributed by atoms with E-state index in [1.165, 1.54) is 0 Å². The van der Waals surface area contributed by atoms with Crippen molar-refractivity contribution < 1.29 is 9.90 Å². The van der Waals surface area contributed by atoms with Crippen molar-refractivity contribution in [1.82, 2.24) is 20.1 Å². The summed E-state index contributed by atoms with van der Waals surface area (Å²) in [5.74, 6) is -0.410. The van der Waals surface area contributed by atoms with Crippen LogP contribution in [0.5, 0.6) is 0 Å². The van der Waals surface area contributed by atoms with Crippen molar-refractivity contribution in [3.63, 3.8) is 0 Å². The van der Waals surface area contributed by atoms with Gasteiger partial charge in [0.05, 0.1) is 12.0 Å². The van der Waals surface area contributed by atoms with Gasteiger partial charge in [-0.1, -0.05) is 24.3 Å². The molecule has 2 N–H and O–H groups in total. The number of rotatable bonds is 6. The molecule has 2 atom stereocenters. The predicted octanol–water partition coefficient (Wildman–Crippen LogP) is 1.85. The van der Waals surface area contributed by atoms with E-state index in [9.17, 15) is 4.79 Å². The zero-order chi connectivity index (χ0) is 15.4. The van der Waals surface area contributed by atoms with Crippen LogP contribution in [0.1, 0.15) is 42.8 Å². The molecule has 0 amide bonds. The van der Waals surface area contributed by atoms with E-state index in [-0.39, 0.29) is 6.04 Å². The highest BCUT2D eigenvalue weighted by Gasteiger charge is 2.13. The third kappa shape index (κ3) is 3.66. The molecule has 1 heterocycles. The molecular formula is C15H20N4O2. The minimum absolute atomic E-state index is 0.0927. The Morgan fingerprint density at radius 3 is 2.52 bits per heavy atom. The van der Waals surface area contributed by atoms with Crippen molar-refractivity contribution in [2.24, 2.45) is 7.05 Å². The van der Waals surface area contributed by atoms with Gasteiger partial charge in [0.1, 0.15) is 12.2 Å². The summed E-state index contributed by atoms with van der Waals surface area (Å²) in [5.41, 5.74) is 1.91. The number of nitrogens with zero attached hydrogens (tertiary/aromatic N) is 3. The molecule has 0 aliphatic carbocycles. The molecule has 6 nitrogen and oxygen atoms in total. The normalized spacial score (nSPS) is 13.9. The number of aryl methyl sites for hydroxylation is 1. The highest BCUT2D eigenvalue weighted by Crippen LogP contribution is 2.16. The first-order chi connectivity index (χ1) is 9.99. The predicted molar refractivity (Wildman–Crippen MR) is 78.8 cm³/mol. The summed E-state index contributed by atoms with van der Waals surface area (Å²) in [6.07, 6.45) is 1.68. The average Bonchev–Trinajstić information content (AvgIpc) is 2.90. The van der Waals surface area contributed by atoms with Crippen LogP contribution in [-0.4, -0.2) is 25.8 Å². The molecule has 0 aliphatic rings. The highest BCUT2D eigenvalue weighted by molar-refractivity contribution is 5.75. The third-order valence-corrected chi connectivity index (χ3v) is 3.60. The van der Waals surface area contributed by atoms with Crippen molar-refractivity contribution in [3.05, 3.63) is 47.5 Å². The Bertz CT molecular complexity index is 606. The molecule has 1 aromatic heterocycles. The van der Waals surface area contributed by atoms with Gasteiger partial charge in [0.2, 0.25) is 0 Å². The lowest BCUT2D eigenvalue weighted by Gasteiger charge is -2.13. The standard InChI is InChI=1S/C15H20N4O2/c1-10(15(20)21)13-6-4-12(5-7-13)8-16-11(2)14-18-17-9-19(14)3/h4-7,9-11,16H,8H2,1-3H3,(H,20,21). The molecule has 0 fully saturated rings. The summed E-state index contributed by atoms with van der Waals surface area (Å²) in [6.45, 7) is 4.41. The summed E-state index contributed by atoms with van der Waals surface area (Å²) in [7, 11) is 1.91. The number of carboxylic acids is 1. The summed E-state index contributed by atoms with van der Waals surface area (Å²) in [4.78, 5) is 10.9. The molecule has 2 unspecified atom stereocenters. The Labute approximate surface area is 123 Å². The molecule has 0 bridgehead atoms. The Morgan fingerprint density at radius 2 is 2.00 bits per heavy atom. The van der Waals surface area contributed by atoms with Gasteiger partial charge in [0.25, 0.3) is 0 Å². The Kier molecular flexibility index (Phi) is 4.70. The number of carbonyl (C=O) groups is 1. The molecule has 0 aliphatic heterocycles. The maximum Gasteiger partial charge on any atom is 0.310 e. The van der Waals surface area contributed by atoms with Gasteiger partial charge >= 0.3 is 5.97 Å². The Balaban J connectivity index is 1.95. The zero-order valence-corrected chi connectivity index (χ0v) is 12.4. The van der Waals surface area contributed by atoms with Crippen LogP contribution in [0.25, 0.3) is 0 Å². The summed E-state index contributed by atoms with van der Waals surface area (Å²) >= 11 is 0. The monoisotopic (exact) mass is 288 g/mol. The van der Waals surface area contributed by atoms with E-state index in [0.29, 0.717) is 6.54 Å². The lowest BCUT2D eigenvalue weighted by atomic mass is 10.00. The van der Waals surface area contributed by atoms with Gasteiger partial charge in [-0.3, -0.25) is 4.79 Å². The fourth-order valence-corrected chi connectivity index (χ4v) is 2.11. The van der Waals surface area contributed by atoms with Crippen molar-refractivity contribution >= 4 is 5.97 Å². The van der Waals surface area contributed by atoms with Crippen molar-refractivity contribution in [2.75, 3.05) is 0 Å². The number of hydrogen-bond donors (Lipinski definition) is 2. The lowest BCUT2D eigenvalue weighted by Crippen LogP contribution is -2.21. The first-order valence-corrected chi connectivity index (χ1v) is 6.88.